The maximum Gasteiger partial charge on any atom is 0.0590 e. The highest BCUT2D eigenvalue weighted by Gasteiger charge is 2.23. The zero-order valence-corrected chi connectivity index (χ0v) is 8.45. The van der Waals surface area contributed by atoms with Crippen molar-refractivity contribution in [1.82, 2.24) is 4.90 Å². The zero-order valence-electron chi connectivity index (χ0n) is 8.45. The molecule has 2 atom stereocenters. The standard InChI is InChI=1S/C10H21NO/c1-8(2)6-11-5-4-10(12)9(3)7-11/h8-10,12H,4-7H2,1-3H3/t9-,10+/m1/s1. The van der Waals surface area contributed by atoms with Crippen molar-refractivity contribution in [3.8, 4) is 0 Å². The maximum absolute atomic E-state index is 9.50. The Balaban J connectivity index is 2.30. The highest BCUT2D eigenvalue weighted by molar-refractivity contribution is 4.77. The topological polar surface area (TPSA) is 23.5 Å². The number of likely N-dealkylation sites (tertiary alicyclic amines) is 1. The quantitative estimate of drug-likeness (QED) is 0.678. The minimum Gasteiger partial charge on any atom is -0.393 e. The minimum absolute atomic E-state index is 0.0617. The van der Waals surface area contributed by atoms with Gasteiger partial charge in [-0.2, -0.15) is 0 Å². The fourth-order valence-electron chi connectivity index (χ4n) is 1.90. The fraction of sp³-hybridized carbons (Fsp3) is 1.00. The Morgan fingerprint density at radius 1 is 1.50 bits per heavy atom. The molecule has 0 aromatic carbocycles. The summed E-state index contributed by atoms with van der Waals surface area (Å²) in [7, 11) is 0. The van der Waals surface area contributed by atoms with E-state index in [1.165, 1.54) is 6.54 Å². The lowest BCUT2D eigenvalue weighted by Gasteiger charge is -2.35. The molecular formula is C10H21NO. The van der Waals surface area contributed by atoms with Crippen LogP contribution < -0.4 is 0 Å². The second kappa shape index (κ2) is 4.24. The van der Waals surface area contributed by atoms with Gasteiger partial charge in [0.05, 0.1) is 6.10 Å². The molecule has 1 heterocycles. The molecule has 1 aliphatic rings. The third kappa shape index (κ3) is 2.76. The summed E-state index contributed by atoms with van der Waals surface area (Å²) in [5, 5.41) is 9.50. The second-order valence-corrected chi connectivity index (χ2v) is 4.49. The molecule has 0 bridgehead atoms. The predicted molar refractivity (Wildman–Crippen MR) is 51.1 cm³/mol. The highest BCUT2D eigenvalue weighted by Crippen LogP contribution is 2.17. The van der Waals surface area contributed by atoms with Crippen LogP contribution in [0.4, 0.5) is 0 Å². The van der Waals surface area contributed by atoms with E-state index < -0.39 is 0 Å². The van der Waals surface area contributed by atoms with Crippen molar-refractivity contribution in [1.29, 1.82) is 0 Å². The number of aliphatic hydroxyl groups is 1. The van der Waals surface area contributed by atoms with Crippen LogP contribution in [0.2, 0.25) is 0 Å². The van der Waals surface area contributed by atoms with E-state index in [0.717, 1.165) is 25.4 Å². The van der Waals surface area contributed by atoms with Gasteiger partial charge in [-0.1, -0.05) is 20.8 Å². The van der Waals surface area contributed by atoms with E-state index in [2.05, 4.69) is 25.7 Å². The molecule has 1 saturated heterocycles. The van der Waals surface area contributed by atoms with E-state index in [0.29, 0.717) is 5.92 Å². The first kappa shape index (κ1) is 10.0. The first-order valence-electron chi connectivity index (χ1n) is 5.00. The van der Waals surface area contributed by atoms with Crippen molar-refractivity contribution in [3.05, 3.63) is 0 Å². The Labute approximate surface area is 75.6 Å². The summed E-state index contributed by atoms with van der Waals surface area (Å²) in [5.74, 6) is 1.20. The summed E-state index contributed by atoms with van der Waals surface area (Å²) in [5.41, 5.74) is 0. The molecule has 0 amide bonds. The van der Waals surface area contributed by atoms with Crippen molar-refractivity contribution in [2.24, 2.45) is 11.8 Å². The molecule has 1 rings (SSSR count). The van der Waals surface area contributed by atoms with E-state index in [1.807, 2.05) is 0 Å². The summed E-state index contributed by atoms with van der Waals surface area (Å²) < 4.78 is 0. The van der Waals surface area contributed by atoms with Gasteiger partial charge in [-0.25, -0.2) is 0 Å². The maximum atomic E-state index is 9.50. The zero-order chi connectivity index (χ0) is 9.14. The number of hydrogen-bond donors (Lipinski definition) is 1. The molecule has 0 aliphatic carbocycles. The Morgan fingerprint density at radius 2 is 2.17 bits per heavy atom. The van der Waals surface area contributed by atoms with Crippen LogP contribution in [0.5, 0.6) is 0 Å². The molecule has 0 spiro atoms. The molecule has 0 unspecified atom stereocenters. The van der Waals surface area contributed by atoms with Crippen molar-refractivity contribution in [3.63, 3.8) is 0 Å². The SMILES string of the molecule is CC(C)CN1CC[C@H](O)[C@H](C)C1. The van der Waals surface area contributed by atoms with Crippen LogP contribution in [-0.2, 0) is 0 Å². The molecule has 2 nitrogen and oxygen atoms in total. The van der Waals surface area contributed by atoms with Crippen LogP contribution in [-0.4, -0.2) is 35.7 Å². The predicted octanol–water partition coefficient (Wildman–Crippen LogP) is 1.35. The summed E-state index contributed by atoms with van der Waals surface area (Å²) in [6.07, 6.45) is 0.891. The van der Waals surface area contributed by atoms with Crippen LogP contribution in [0.1, 0.15) is 27.2 Å². The largest absolute Gasteiger partial charge is 0.393 e. The third-order valence-electron chi connectivity index (χ3n) is 2.57. The lowest BCUT2D eigenvalue weighted by Crippen LogP contribution is -2.43. The summed E-state index contributed by atoms with van der Waals surface area (Å²) >= 11 is 0. The van der Waals surface area contributed by atoms with Gasteiger partial charge in [0.2, 0.25) is 0 Å². The fourth-order valence-corrected chi connectivity index (χ4v) is 1.90. The molecule has 1 fully saturated rings. The van der Waals surface area contributed by atoms with Crippen LogP contribution in [0.3, 0.4) is 0 Å². The first-order chi connectivity index (χ1) is 5.59. The van der Waals surface area contributed by atoms with Gasteiger partial charge in [-0.05, 0) is 18.3 Å². The van der Waals surface area contributed by atoms with Crippen LogP contribution in [0.25, 0.3) is 0 Å². The number of nitrogens with zero attached hydrogens (tertiary/aromatic N) is 1. The summed E-state index contributed by atoms with van der Waals surface area (Å²) in [6.45, 7) is 9.95. The van der Waals surface area contributed by atoms with E-state index in [1.54, 1.807) is 0 Å². The van der Waals surface area contributed by atoms with Gasteiger partial charge in [0.1, 0.15) is 0 Å². The summed E-state index contributed by atoms with van der Waals surface area (Å²) in [4.78, 5) is 2.46. The lowest BCUT2D eigenvalue weighted by atomic mass is 9.96. The minimum atomic E-state index is -0.0617. The third-order valence-corrected chi connectivity index (χ3v) is 2.57. The molecule has 1 aliphatic heterocycles. The van der Waals surface area contributed by atoms with Gasteiger partial charge < -0.3 is 10.0 Å². The molecule has 2 heteroatoms. The monoisotopic (exact) mass is 171 g/mol. The number of piperidine rings is 1. The van der Waals surface area contributed by atoms with Gasteiger partial charge >= 0.3 is 0 Å². The normalized spacial score (nSPS) is 32.8. The molecule has 0 radical (unpaired) electrons. The molecule has 12 heavy (non-hydrogen) atoms. The second-order valence-electron chi connectivity index (χ2n) is 4.49. The highest BCUT2D eigenvalue weighted by atomic mass is 16.3. The average molecular weight is 171 g/mol. The van der Waals surface area contributed by atoms with Crippen LogP contribution in [0, 0.1) is 11.8 Å². The molecule has 72 valence electrons. The van der Waals surface area contributed by atoms with Crippen LogP contribution in [0.15, 0.2) is 0 Å². The van der Waals surface area contributed by atoms with E-state index in [4.69, 9.17) is 0 Å². The van der Waals surface area contributed by atoms with Gasteiger partial charge in [0.15, 0.2) is 0 Å². The van der Waals surface area contributed by atoms with E-state index >= 15 is 0 Å². The number of hydrogen-bond acceptors (Lipinski definition) is 2. The van der Waals surface area contributed by atoms with E-state index in [9.17, 15) is 5.11 Å². The van der Waals surface area contributed by atoms with E-state index in [-0.39, 0.29) is 6.10 Å². The first-order valence-corrected chi connectivity index (χ1v) is 5.00. The smallest absolute Gasteiger partial charge is 0.0590 e. The van der Waals surface area contributed by atoms with Gasteiger partial charge in [0, 0.05) is 19.6 Å². The van der Waals surface area contributed by atoms with Crippen molar-refractivity contribution < 1.29 is 5.11 Å². The summed E-state index contributed by atoms with van der Waals surface area (Å²) in [6, 6.07) is 0. The number of rotatable bonds is 2. The van der Waals surface area contributed by atoms with Crippen molar-refractivity contribution in [2.75, 3.05) is 19.6 Å². The van der Waals surface area contributed by atoms with Gasteiger partial charge in [-0.15, -0.1) is 0 Å². The molecule has 1 N–H and O–H groups in total. The molecule has 0 aromatic rings. The Bertz CT molecular complexity index is 136. The van der Waals surface area contributed by atoms with Crippen molar-refractivity contribution in [2.45, 2.75) is 33.3 Å². The Morgan fingerprint density at radius 3 is 2.67 bits per heavy atom. The Hall–Kier alpha value is -0.0800. The molecule has 0 saturated carbocycles. The van der Waals surface area contributed by atoms with Gasteiger partial charge in [0.25, 0.3) is 0 Å². The van der Waals surface area contributed by atoms with Crippen LogP contribution >= 0.6 is 0 Å². The molecular weight excluding hydrogens is 150 g/mol. The van der Waals surface area contributed by atoms with Crippen molar-refractivity contribution >= 4 is 0 Å². The van der Waals surface area contributed by atoms with Gasteiger partial charge in [-0.3, -0.25) is 0 Å². The molecule has 0 aromatic heterocycles. The Kier molecular flexibility index (Phi) is 3.53. The average Bonchev–Trinajstić information content (AvgIpc) is 1.96. The lowest BCUT2D eigenvalue weighted by molar-refractivity contribution is 0.0309. The number of aliphatic hydroxyl groups excluding tert-OH is 1.